The van der Waals surface area contributed by atoms with Gasteiger partial charge >= 0.3 is 0 Å². The molecule has 0 unspecified atom stereocenters. The predicted molar refractivity (Wildman–Crippen MR) is 67.9 cm³/mol. The Morgan fingerprint density at radius 1 is 1.46 bits per heavy atom. The van der Waals surface area contributed by atoms with Crippen LogP contribution in [0.3, 0.4) is 0 Å². The largest absolute Gasteiger partial charge is 0.123 e. The van der Waals surface area contributed by atoms with Gasteiger partial charge in [-0.15, -0.1) is 11.8 Å². The molecule has 0 spiro atoms. The lowest BCUT2D eigenvalue weighted by atomic mass is 10.1. The van der Waals surface area contributed by atoms with Crippen molar-refractivity contribution < 1.29 is 0 Å². The van der Waals surface area contributed by atoms with E-state index in [0.717, 1.165) is 0 Å². The summed E-state index contributed by atoms with van der Waals surface area (Å²) in [4.78, 5) is 1.46. The molecule has 0 amide bonds. The maximum Gasteiger partial charge on any atom is 0.0376 e. The van der Waals surface area contributed by atoms with E-state index in [1.807, 2.05) is 11.8 Å². The van der Waals surface area contributed by atoms with E-state index in [2.05, 4.69) is 59.9 Å². The summed E-state index contributed by atoms with van der Waals surface area (Å²) in [6, 6.07) is 8.80. The van der Waals surface area contributed by atoms with Crippen LogP contribution >= 0.6 is 34.4 Å². The Morgan fingerprint density at radius 3 is 2.92 bits per heavy atom. The first kappa shape index (κ1) is 9.59. The van der Waals surface area contributed by atoms with Gasteiger partial charge in [0.2, 0.25) is 0 Å². The van der Waals surface area contributed by atoms with E-state index in [1.165, 1.54) is 20.5 Å². The summed E-state index contributed by atoms with van der Waals surface area (Å²) >= 11 is 4.36. The van der Waals surface area contributed by atoms with Gasteiger partial charge in [0, 0.05) is 8.82 Å². The van der Waals surface area contributed by atoms with Crippen LogP contribution in [-0.2, 0) is 0 Å². The highest BCUT2D eigenvalue weighted by Crippen LogP contribution is 2.43. The van der Waals surface area contributed by atoms with Gasteiger partial charge in [0.25, 0.3) is 0 Å². The van der Waals surface area contributed by atoms with Crippen molar-refractivity contribution in [3.05, 3.63) is 44.4 Å². The predicted octanol–water partition coefficient (Wildman–Crippen LogP) is 4.37. The maximum absolute atomic E-state index is 2.37. The average molecular weight is 302 g/mol. The lowest BCUT2D eigenvalue weighted by Crippen LogP contribution is -1.88. The molecule has 1 atom stereocenters. The lowest BCUT2D eigenvalue weighted by molar-refractivity contribution is 0.988. The van der Waals surface area contributed by atoms with Crippen LogP contribution in [0.15, 0.2) is 35.2 Å². The second-order valence-electron chi connectivity index (χ2n) is 3.21. The van der Waals surface area contributed by atoms with Gasteiger partial charge in [0.15, 0.2) is 0 Å². The van der Waals surface area contributed by atoms with Crippen LogP contribution in [-0.4, -0.2) is 0 Å². The second kappa shape index (κ2) is 4.05. The van der Waals surface area contributed by atoms with Crippen molar-refractivity contribution in [3.63, 3.8) is 0 Å². The zero-order chi connectivity index (χ0) is 9.26. The van der Waals surface area contributed by atoms with E-state index >= 15 is 0 Å². The normalized spacial score (nSPS) is 21.7. The van der Waals surface area contributed by atoms with Crippen LogP contribution in [0.25, 0.3) is 0 Å². The van der Waals surface area contributed by atoms with Gasteiger partial charge < -0.3 is 0 Å². The smallest absolute Gasteiger partial charge is 0.0376 e. The zero-order valence-corrected chi connectivity index (χ0v) is 10.4. The van der Waals surface area contributed by atoms with Crippen molar-refractivity contribution in [2.45, 2.75) is 18.6 Å². The number of hydrogen-bond donors (Lipinski definition) is 0. The minimum atomic E-state index is 0.662. The molecule has 1 aliphatic rings. The first-order chi connectivity index (χ1) is 6.25. The molecule has 2 rings (SSSR count). The van der Waals surface area contributed by atoms with Gasteiger partial charge in [-0.2, -0.15) is 0 Å². The van der Waals surface area contributed by atoms with Crippen LogP contribution in [0.1, 0.15) is 24.2 Å². The second-order valence-corrected chi connectivity index (χ2v) is 5.91. The number of thioether (sulfide) groups is 1. The highest BCUT2D eigenvalue weighted by Gasteiger charge is 2.16. The van der Waals surface area contributed by atoms with Gasteiger partial charge in [-0.3, -0.25) is 0 Å². The van der Waals surface area contributed by atoms with Crippen molar-refractivity contribution in [2.24, 2.45) is 0 Å². The van der Waals surface area contributed by atoms with Gasteiger partial charge in [-0.05, 0) is 58.5 Å². The molecule has 0 saturated heterocycles. The SMILES string of the molecule is CC1=CC[C@H](c2cccc(I)c2)S1. The fraction of sp³-hybridized carbons (Fsp3) is 0.273. The Balaban J connectivity index is 2.18. The Hall–Kier alpha value is 0.0400. The molecule has 1 aromatic rings. The molecule has 1 heterocycles. The van der Waals surface area contributed by atoms with Crippen molar-refractivity contribution >= 4 is 34.4 Å². The summed E-state index contributed by atoms with van der Waals surface area (Å²) in [7, 11) is 0. The maximum atomic E-state index is 2.37. The monoisotopic (exact) mass is 302 g/mol. The van der Waals surface area contributed by atoms with E-state index in [4.69, 9.17) is 0 Å². The molecule has 0 nitrogen and oxygen atoms in total. The molecule has 0 N–H and O–H groups in total. The molecule has 0 aromatic heterocycles. The molecule has 2 heteroatoms. The average Bonchev–Trinajstić information content (AvgIpc) is 2.52. The molecule has 13 heavy (non-hydrogen) atoms. The highest BCUT2D eigenvalue weighted by molar-refractivity contribution is 14.1. The fourth-order valence-corrected chi connectivity index (χ4v) is 3.19. The summed E-state index contributed by atoms with van der Waals surface area (Å²) in [5.41, 5.74) is 1.46. The third-order valence-electron chi connectivity index (χ3n) is 2.17. The molecule has 0 bridgehead atoms. The standard InChI is InChI=1S/C11H11IS/c1-8-5-6-11(13-8)9-3-2-4-10(12)7-9/h2-5,7,11H,6H2,1H3/t11-/m1/s1. The van der Waals surface area contributed by atoms with Crippen LogP contribution in [0, 0.1) is 3.57 Å². The van der Waals surface area contributed by atoms with Crippen molar-refractivity contribution in [3.8, 4) is 0 Å². The summed E-state index contributed by atoms with van der Waals surface area (Å²) in [5, 5.41) is 0.662. The summed E-state index contributed by atoms with van der Waals surface area (Å²) in [6.07, 6.45) is 3.52. The summed E-state index contributed by atoms with van der Waals surface area (Å²) in [6.45, 7) is 2.19. The Morgan fingerprint density at radius 2 is 2.31 bits per heavy atom. The quantitative estimate of drug-likeness (QED) is 0.694. The Kier molecular flexibility index (Phi) is 2.99. The molecule has 0 radical (unpaired) electrons. The van der Waals surface area contributed by atoms with E-state index in [0.29, 0.717) is 5.25 Å². The molecule has 0 saturated carbocycles. The molecule has 0 aliphatic carbocycles. The summed E-state index contributed by atoms with van der Waals surface area (Å²) in [5.74, 6) is 0. The first-order valence-corrected chi connectivity index (χ1v) is 6.30. The minimum Gasteiger partial charge on any atom is -0.123 e. The minimum absolute atomic E-state index is 0.662. The zero-order valence-electron chi connectivity index (χ0n) is 7.46. The van der Waals surface area contributed by atoms with Gasteiger partial charge in [-0.25, -0.2) is 0 Å². The number of rotatable bonds is 1. The molecule has 0 fully saturated rings. The number of halogens is 1. The number of benzene rings is 1. The van der Waals surface area contributed by atoms with E-state index in [-0.39, 0.29) is 0 Å². The molecule has 1 aromatic carbocycles. The van der Waals surface area contributed by atoms with E-state index in [1.54, 1.807) is 0 Å². The van der Waals surface area contributed by atoms with Gasteiger partial charge in [0.05, 0.1) is 0 Å². The van der Waals surface area contributed by atoms with Gasteiger partial charge in [-0.1, -0.05) is 18.2 Å². The van der Waals surface area contributed by atoms with Gasteiger partial charge in [0.1, 0.15) is 0 Å². The molecule has 68 valence electrons. The van der Waals surface area contributed by atoms with Crippen LogP contribution in [0.5, 0.6) is 0 Å². The van der Waals surface area contributed by atoms with Crippen LogP contribution < -0.4 is 0 Å². The fourth-order valence-electron chi connectivity index (χ4n) is 1.50. The third-order valence-corrected chi connectivity index (χ3v) is 4.13. The third kappa shape index (κ3) is 2.29. The van der Waals surface area contributed by atoms with Crippen molar-refractivity contribution in [1.29, 1.82) is 0 Å². The van der Waals surface area contributed by atoms with Crippen molar-refractivity contribution in [2.75, 3.05) is 0 Å². The van der Waals surface area contributed by atoms with E-state index in [9.17, 15) is 0 Å². The highest BCUT2D eigenvalue weighted by atomic mass is 127. The topological polar surface area (TPSA) is 0 Å². The Labute approximate surface area is 96.9 Å². The summed E-state index contributed by atoms with van der Waals surface area (Å²) < 4.78 is 1.33. The van der Waals surface area contributed by atoms with Crippen LogP contribution in [0.4, 0.5) is 0 Å². The first-order valence-electron chi connectivity index (χ1n) is 4.34. The Bertz CT molecular complexity index is 344. The number of hydrogen-bond acceptors (Lipinski definition) is 1. The molecule has 1 aliphatic heterocycles. The number of allylic oxidation sites excluding steroid dienone is 2. The van der Waals surface area contributed by atoms with Crippen molar-refractivity contribution in [1.82, 2.24) is 0 Å². The molecular formula is C11H11IS. The lowest BCUT2D eigenvalue weighted by Gasteiger charge is -2.09. The van der Waals surface area contributed by atoms with E-state index < -0.39 is 0 Å². The van der Waals surface area contributed by atoms with Crippen LogP contribution in [0.2, 0.25) is 0 Å². The molecular weight excluding hydrogens is 291 g/mol.